The summed E-state index contributed by atoms with van der Waals surface area (Å²) in [7, 11) is 3.12. The van der Waals surface area contributed by atoms with E-state index in [0.29, 0.717) is 16.9 Å². The first kappa shape index (κ1) is 10.5. The van der Waals surface area contributed by atoms with Crippen molar-refractivity contribution in [3.63, 3.8) is 0 Å². The SMILES string of the molecule is COc1cc(OC)c2c(=O)[nH]c(C)cc2c1. The molecule has 4 nitrogen and oxygen atoms in total. The van der Waals surface area contributed by atoms with Gasteiger partial charge in [0.15, 0.2) is 0 Å². The Morgan fingerprint density at radius 3 is 2.50 bits per heavy atom. The molecule has 4 heteroatoms. The maximum Gasteiger partial charge on any atom is 0.259 e. The van der Waals surface area contributed by atoms with Crippen LogP contribution in [-0.4, -0.2) is 19.2 Å². The predicted molar refractivity (Wildman–Crippen MR) is 62.4 cm³/mol. The Labute approximate surface area is 92.8 Å². The fraction of sp³-hybridized carbons (Fsp3) is 0.250. The highest BCUT2D eigenvalue weighted by Crippen LogP contribution is 2.28. The van der Waals surface area contributed by atoms with Gasteiger partial charge in [0.2, 0.25) is 0 Å². The number of nitrogens with one attached hydrogen (secondary N) is 1. The Morgan fingerprint density at radius 2 is 1.88 bits per heavy atom. The van der Waals surface area contributed by atoms with Gasteiger partial charge in [-0.3, -0.25) is 4.79 Å². The molecule has 0 saturated carbocycles. The van der Waals surface area contributed by atoms with Crippen molar-refractivity contribution in [3.8, 4) is 11.5 Å². The number of aromatic amines is 1. The summed E-state index contributed by atoms with van der Waals surface area (Å²) >= 11 is 0. The second-order valence-corrected chi connectivity index (χ2v) is 3.58. The smallest absolute Gasteiger partial charge is 0.259 e. The number of ether oxygens (including phenoxy) is 2. The van der Waals surface area contributed by atoms with E-state index in [-0.39, 0.29) is 5.56 Å². The van der Waals surface area contributed by atoms with E-state index in [0.717, 1.165) is 11.1 Å². The molecule has 0 radical (unpaired) electrons. The first-order chi connectivity index (χ1) is 7.65. The molecule has 0 aliphatic heterocycles. The Balaban J connectivity index is 2.89. The highest BCUT2D eigenvalue weighted by molar-refractivity contribution is 5.89. The first-order valence-electron chi connectivity index (χ1n) is 4.91. The van der Waals surface area contributed by atoms with Gasteiger partial charge in [-0.2, -0.15) is 0 Å². The lowest BCUT2D eigenvalue weighted by molar-refractivity contribution is 0.398. The lowest BCUT2D eigenvalue weighted by atomic mass is 10.1. The molecule has 0 aliphatic carbocycles. The minimum absolute atomic E-state index is 0.144. The summed E-state index contributed by atoms with van der Waals surface area (Å²) in [5, 5.41) is 1.37. The second-order valence-electron chi connectivity index (χ2n) is 3.58. The van der Waals surface area contributed by atoms with Crippen molar-refractivity contribution < 1.29 is 9.47 Å². The molecule has 0 amide bonds. The number of hydrogen-bond acceptors (Lipinski definition) is 3. The van der Waals surface area contributed by atoms with E-state index in [1.165, 1.54) is 7.11 Å². The third-order valence-corrected chi connectivity index (χ3v) is 2.47. The summed E-state index contributed by atoms with van der Waals surface area (Å²) in [4.78, 5) is 14.6. The number of fused-ring (bicyclic) bond motifs is 1. The number of pyridine rings is 1. The lowest BCUT2D eigenvalue weighted by Crippen LogP contribution is -2.08. The van der Waals surface area contributed by atoms with Crippen molar-refractivity contribution in [1.29, 1.82) is 0 Å². The fourth-order valence-electron chi connectivity index (χ4n) is 1.76. The van der Waals surface area contributed by atoms with Gasteiger partial charge in [-0.25, -0.2) is 0 Å². The van der Waals surface area contributed by atoms with Crippen LogP contribution >= 0.6 is 0 Å². The lowest BCUT2D eigenvalue weighted by Gasteiger charge is -2.08. The van der Waals surface area contributed by atoms with Gasteiger partial charge >= 0.3 is 0 Å². The van der Waals surface area contributed by atoms with Crippen molar-refractivity contribution in [3.05, 3.63) is 34.2 Å². The molecule has 84 valence electrons. The first-order valence-corrected chi connectivity index (χ1v) is 4.91. The summed E-state index contributed by atoms with van der Waals surface area (Å²) in [6, 6.07) is 5.41. The van der Waals surface area contributed by atoms with Crippen LogP contribution in [0.5, 0.6) is 11.5 Å². The van der Waals surface area contributed by atoms with Crippen LogP contribution in [0.1, 0.15) is 5.69 Å². The van der Waals surface area contributed by atoms with Crippen LogP contribution in [0.15, 0.2) is 23.0 Å². The van der Waals surface area contributed by atoms with Gasteiger partial charge in [0.05, 0.1) is 19.6 Å². The average molecular weight is 219 g/mol. The van der Waals surface area contributed by atoms with E-state index in [4.69, 9.17) is 9.47 Å². The van der Waals surface area contributed by atoms with E-state index in [1.54, 1.807) is 13.2 Å². The Kier molecular flexibility index (Phi) is 2.56. The van der Waals surface area contributed by atoms with Crippen LogP contribution in [-0.2, 0) is 0 Å². The molecule has 2 aromatic rings. The molecule has 16 heavy (non-hydrogen) atoms. The quantitative estimate of drug-likeness (QED) is 0.838. The molecule has 2 rings (SSSR count). The van der Waals surface area contributed by atoms with Crippen LogP contribution in [0, 0.1) is 6.92 Å². The van der Waals surface area contributed by atoms with Crippen molar-refractivity contribution in [1.82, 2.24) is 4.98 Å². The van der Waals surface area contributed by atoms with Crippen molar-refractivity contribution in [2.75, 3.05) is 14.2 Å². The third kappa shape index (κ3) is 1.62. The number of methoxy groups -OCH3 is 2. The van der Waals surface area contributed by atoms with E-state index in [9.17, 15) is 4.79 Å². The summed E-state index contributed by atoms with van der Waals surface area (Å²) in [5.41, 5.74) is 0.669. The highest BCUT2D eigenvalue weighted by atomic mass is 16.5. The normalized spacial score (nSPS) is 10.4. The van der Waals surface area contributed by atoms with Gasteiger partial charge in [0.1, 0.15) is 11.5 Å². The zero-order chi connectivity index (χ0) is 11.7. The largest absolute Gasteiger partial charge is 0.497 e. The maximum absolute atomic E-state index is 11.8. The van der Waals surface area contributed by atoms with Crippen molar-refractivity contribution in [2.45, 2.75) is 6.92 Å². The molecule has 0 bridgehead atoms. The van der Waals surface area contributed by atoms with Gasteiger partial charge in [-0.05, 0) is 24.4 Å². The van der Waals surface area contributed by atoms with E-state index < -0.39 is 0 Å². The highest BCUT2D eigenvalue weighted by Gasteiger charge is 2.09. The molecule has 0 atom stereocenters. The molecular formula is C12H13NO3. The van der Waals surface area contributed by atoms with Gasteiger partial charge in [-0.1, -0.05) is 0 Å². The number of hydrogen-bond donors (Lipinski definition) is 1. The van der Waals surface area contributed by atoms with Gasteiger partial charge in [0.25, 0.3) is 5.56 Å². The minimum atomic E-state index is -0.144. The topological polar surface area (TPSA) is 51.3 Å². The van der Waals surface area contributed by atoms with Crippen molar-refractivity contribution in [2.24, 2.45) is 0 Å². The number of rotatable bonds is 2. The molecule has 1 aromatic heterocycles. The van der Waals surface area contributed by atoms with E-state index >= 15 is 0 Å². The standard InChI is InChI=1S/C12H13NO3/c1-7-4-8-5-9(15-2)6-10(16-3)11(8)12(14)13-7/h4-6H,1-3H3,(H,13,14). The van der Waals surface area contributed by atoms with Gasteiger partial charge in [-0.15, -0.1) is 0 Å². The van der Waals surface area contributed by atoms with Gasteiger partial charge in [0, 0.05) is 11.8 Å². The minimum Gasteiger partial charge on any atom is -0.497 e. The van der Waals surface area contributed by atoms with Crippen LogP contribution in [0.25, 0.3) is 10.8 Å². The van der Waals surface area contributed by atoms with E-state index in [2.05, 4.69) is 4.98 Å². The molecule has 1 aromatic carbocycles. The Bertz CT molecular complexity index is 587. The molecule has 0 saturated heterocycles. The number of H-pyrrole nitrogens is 1. The van der Waals surface area contributed by atoms with Crippen LogP contribution in [0.4, 0.5) is 0 Å². The molecule has 0 fully saturated rings. The zero-order valence-corrected chi connectivity index (χ0v) is 9.46. The van der Waals surface area contributed by atoms with Crippen LogP contribution < -0.4 is 15.0 Å². The third-order valence-electron chi connectivity index (χ3n) is 2.47. The molecule has 0 spiro atoms. The molecule has 0 aliphatic rings. The summed E-state index contributed by atoms with van der Waals surface area (Å²) in [6.45, 7) is 1.84. The summed E-state index contributed by atoms with van der Waals surface area (Å²) in [5.74, 6) is 1.20. The summed E-state index contributed by atoms with van der Waals surface area (Å²) in [6.07, 6.45) is 0. The predicted octanol–water partition coefficient (Wildman–Crippen LogP) is 1.85. The van der Waals surface area contributed by atoms with Crippen LogP contribution in [0.2, 0.25) is 0 Å². The van der Waals surface area contributed by atoms with Crippen LogP contribution in [0.3, 0.4) is 0 Å². The Morgan fingerprint density at radius 1 is 1.12 bits per heavy atom. The number of benzene rings is 1. The average Bonchev–Trinajstić information content (AvgIpc) is 2.26. The maximum atomic E-state index is 11.8. The molecule has 0 unspecified atom stereocenters. The number of aromatic nitrogens is 1. The summed E-state index contributed by atoms with van der Waals surface area (Å²) < 4.78 is 10.3. The monoisotopic (exact) mass is 219 g/mol. The second kappa shape index (κ2) is 3.89. The van der Waals surface area contributed by atoms with Gasteiger partial charge < -0.3 is 14.5 Å². The molecule has 1 N–H and O–H groups in total. The molecular weight excluding hydrogens is 206 g/mol. The Hall–Kier alpha value is -1.97. The molecule has 1 heterocycles. The fourth-order valence-corrected chi connectivity index (χ4v) is 1.76. The van der Waals surface area contributed by atoms with Crippen molar-refractivity contribution >= 4 is 10.8 Å². The zero-order valence-electron chi connectivity index (χ0n) is 9.46. The number of aryl methyl sites for hydroxylation is 1. The van der Waals surface area contributed by atoms with E-state index in [1.807, 2.05) is 19.1 Å².